The molecule has 5 heteroatoms. The molecule has 0 aromatic rings. The topological polar surface area (TPSA) is 0 Å². The van der Waals surface area contributed by atoms with Crippen LogP contribution in [0.3, 0.4) is 0 Å². The zero-order chi connectivity index (χ0) is 8.91. The van der Waals surface area contributed by atoms with Crippen LogP contribution in [-0.2, 0) is 15.5 Å². The Hall–Kier alpha value is 1.52. The van der Waals surface area contributed by atoms with Gasteiger partial charge in [-0.3, -0.25) is 0 Å². The van der Waals surface area contributed by atoms with E-state index in [-0.39, 0.29) is 0 Å². The standard InChI is InChI=1S/C6H7.4ClH.Zr/c1-6-4-2-3-5-6;;;;;/h2-6H,1H2;4*1H;/q;;;;;+4/p-4. The molecule has 1 aliphatic carbocycles. The van der Waals surface area contributed by atoms with Crippen LogP contribution in [0.4, 0.5) is 0 Å². The predicted octanol–water partition coefficient (Wildman–Crippen LogP) is 4.32. The van der Waals surface area contributed by atoms with Gasteiger partial charge < -0.3 is 0 Å². The van der Waals surface area contributed by atoms with Crippen molar-refractivity contribution < 1.29 is 15.5 Å². The summed E-state index contributed by atoms with van der Waals surface area (Å²) in [6.45, 7) is 3.76. The van der Waals surface area contributed by atoms with Crippen molar-refractivity contribution in [3.8, 4) is 0 Å². The van der Waals surface area contributed by atoms with Crippen molar-refractivity contribution in [1.82, 2.24) is 0 Å². The SMILES string of the molecule is [CH2]C1C=CC=C1.[Cl][Zr]([Cl])([Cl])[Cl]. The fourth-order valence-electron chi connectivity index (χ4n) is 0.478. The molecule has 0 fully saturated rings. The number of hydrogen-bond acceptors (Lipinski definition) is 0. The molecule has 0 aromatic carbocycles. The molecule has 0 amide bonds. The van der Waals surface area contributed by atoms with Gasteiger partial charge in [-0.2, -0.15) is 0 Å². The summed E-state index contributed by atoms with van der Waals surface area (Å²) in [5, 5.41) is 0. The minimum absolute atomic E-state index is 0.435. The Morgan fingerprint density at radius 3 is 1.36 bits per heavy atom. The normalized spacial score (nSPS) is 16.5. The van der Waals surface area contributed by atoms with E-state index in [1.54, 1.807) is 0 Å². The van der Waals surface area contributed by atoms with E-state index in [9.17, 15) is 0 Å². The first-order chi connectivity index (χ1) is 4.89. The molecule has 1 radical (unpaired) electrons. The molecule has 0 N–H and O–H groups in total. The van der Waals surface area contributed by atoms with Gasteiger partial charge in [0.15, 0.2) is 0 Å². The van der Waals surface area contributed by atoms with Crippen molar-refractivity contribution in [3.63, 3.8) is 0 Å². The van der Waals surface area contributed by atoms with E-state index in [0.717, 1.165) is 0 Å². The van der Waals surface area contributed by atoms with Crippen molar-refractivity contribution >= 4 is 34.1 Å². The molecule has 0 unspecified atom stereocenters. The van der Waals surface area contributed by atoms with Crippen LogP contribution >= 0.6 is 34.1 Å². The Morgan fingerprint density at radius 2 is 1.27 bits per heavy atom. The Balaban J connectivity index is 0.000000187. The van der Waals surface area contributed by atoms with Gasteiger partial charge in [0, 0.05) is 0 Å². The van der Waals surface area contributed by atoms with E-state index >= 15 is 0 Å². The summed E-state index contributed by atoms with van der Waals surface area (Å²) in [5.74, 6) is 0.435. The van der Waals surface area contributed by atoms with E-state index in [1.165, 1.54) is 0 Å². The van der Waals surface area contributed by atoms with E-state index < -0.39 is 15.5 Å². The fraction of sp³-hybridized carbons (Fsp3) is 0.167. The molecule has 0 atom stereocenters. The summed E-state index contributed by atoms with van der Waals surface area (Å²) >= 11 is -3.29. The fourth-order valence-corrected chi connectivity index (χ4v) is 0.478. The van der Waals surface area contributed by atoms with E-state index in [4.69, 9.17) is 34.1 Å². The van der Waals surface area contributed by atoms with Crippen LogP contribution in [0.1, 0.15) is 0 Å². The van der Waals surface area contributed by atoms with Gasteiger partial charge in [0.2, 0.25) is 0 Å². The average molecular weight is 312 g/mol. The van der Waals surface area contributed by atoms with Crippen LogP contribution in [-0.4, -0.2) is 0 Å². The summed E-state index contributed by atoms with van der Waals surface area (Å²) in [6.07, 6.45) is 8.13. The van der Waals surface area contributed by atoms with Crippen molar-refractivity contribution in [2.45, 2.75) is 0 Å². The Kier molecular flexibility index (Phi) is 6.89. The summed E-state index contributed by atoms with van der Waals surface area (Å²) in [6, 6.07) is 0. The Bertz CT molecular complexity index is 140. The summed E-state index contributed by atoms with van der Waals surface area (Å²) < 4.78 is 0. The summed E-state index contributed by atoms with van der Waals surface area (Å²) in [4.78, 5) is 0. The molecule has 63 valence electrons. The molecule has 0 saturated heterocycles. The zero-order valence-electron chi connectivity index (χ0n) is 5.61. The molecular weight excluding hydrogens is 305 g/mol. The molecule has 0 nitrogen and oxygen atoms in total. The maximum atomic E-state index is 5.04. The molecule has 0 aromatic heterocycles. The molecule has 0 aliphatic heterocycles. The molecular formula is C6H7Cl4Zr. The second-order valence-corrected chi connectivity index (χ2v) is 24.3. The van der Waals surface area contributed by atoms with Gasteiger partial charge in [0.25, 0.3) is 0 Å². The van der Waals surface area contributed by atoms with Gasteiger partial charge in [-0.1, -0.05) is 24.3 Å². The van der Waals surface area contributed by atoms with Gasteiger partial charge in [-0.05, 0) is 12.8 Å². The molecule has 1 rings (SSSR count). The van der Waals surface area contributed by atoms with Crippen LogP contribution < -0.4 is 0 Å². The summed E-state index contributed by atoms with van der Waals surface area (Å²) in [5.41, 5.74) is 0. The second kappa shape index (κ2) is 6.05. The molecule has 0 heterocycles. The quantitative estimate of drug-likeness (QED) is 0.625. The molecule has 0 saturated carbocycles. The van der Waals surface area contributed by atoms with Crippen molar-refractivity contribution in [2.24, 2.45) is 5.92 Å². The average Bonchev–Trinajstić information content (AvgIpc) is 2.12. The van der Waals surface area contributed by atoms with Crippen LogP contribution in [0.5, 0.6) is 0 Å². The Labute approximate surface area is 85.8 Å². The summed E-state index contributed by atoms with van der Waals surface area (Å²) in [7, 11) is 20.1. The van der Waals surface area contributed by atoms with Gasteiger partial charge in [0.1, 0.15) is 0 Å². The van der Waals surface area contributed by atoms with Crippen LogP contribution in [0.25, 0.3) is 0 Å². The third kappa shape index (κ3) is 14.4. The molecule has 0 spiro atoms. The van der Waals surface area contributed by atoms with Crippen molar-refractivity contribution in [3.05, 3.63) is 31.2 Å². The molecule has 11 heavy (non-hydrogen) atoms. The second-order valence-electron chi connectivity index (χ2n) is 1.86. The van der Waals surface area contributed by atoms with Gasteiger partial charge in [-0.15, -0.1) is 0 Å². The maximum absolute atomic E-state index is 5.04. The zero-order valence-corrected chi connectivity index (χ0v) is 11.1. The third-order valence-corrected chi connectivity index (χ3v) is 0.828. The van der Waals surface area contributed by atoms with Crippen molar-refractivity contribution in [2.75, 3.05) is 0 Å². The monoisotopic (exact) mass is 309 g/mol. The molecule has 0 bridgehead atoms. The van der Waals surface area contributed by atoms with Crippen LogP contribution in [0.15, 0.2) is 24.3 Å². The number of hydrogen-bond donors (Lipinski definition) is 0. The van der Waals surface area contributed by atoms with Crippen LogP contribution in [0.2, 0.25) is 0 Å². The molecule has 1 aliphatic rings. The first-order valence-electron chi connectivity index (χ1n) is 2.83. The van der Waals surface area contributed by atoms with Gasteiger partial charge in [-0.25, -0.2) is 0 Å². The van der Waals surface area contributed by atoms with Gasteiger partial charge in [0.05, 0.1) is 0 Å². The predicted molar refractivity (Wildman–Crippen MR) is 50.5 cm³/mol. The minimum atomic E-state index is -3.29. The van der Waals surface area contributed by atoms with E-state index in [2.05, 4.69) is 19.1 Å². The van der Waals surface area contributed by atoms with Crippen molar-refractivity contribution in [1.29, 1.82) is 0 Å². The van der Waals surface area contributed by atoms with Crippen LogP contribution in [0, 0.1) is 12.8 Å². The number of allylic oxidation sites excluding steroid dienone is 4. The Morgan fingerprint density at radius 1 is 1.00 bits per heavy atom. The first kappa shape index (κ1) is 12.5. The number of rotatable bonds is 0. The third-order valence-electron chi connectivity index (χ3n) is 0.828. The van der Waals surface area contributed by atoms with Gasteiger partial charge >= 0.3 is 49.5 Å². The van der Waals surface area contributed by atoms with E-state index in [0.29, 0.717) is 5.92 Å². The van der Waals surface area contributed by atoms with E-state index in [1.807, 2.05) is 12.2 Å². The number of halogens is 4. The first-order valence-corrected chi connectivity index (χ1v) is 15.5.